The quantitative estimate of drug-likeness (QED) is 0.457. The second-order valence-electron chi connectivity index (χ2n) is 10.1. The summed E-state index contributed by atoms with van der Waals surface area (Å²) in [4.78, 5) is 0. The van der Waals surface area contributed by atoms with Gasteiger partial charge in [-0.1, -0.05) is 25.5 Å². The normalized spacial score (nSPS) is 48.6. The zero-order valence-corrected chi connectivity index (χ0v) is 16.6. The van der Waals surface area contributed by atoms with Gasteiger partial charge in [-0.15, -0.1) is 0 Å². The van der Waals surface area contributed by atoms with Gasteiger partial charge in [0, 0.05) is 12.8 Å². The molecule has 0 radical (unpaired) electrons. The second kappa shape index (κ2) is 5.61. The minimum absolute atomic E-state index is 0.231. The van der Waals surface area contributed by atoms with Crippen LogP contribution in [0.25, 0.3) is 0 Å². The predicted molar refractivity (Wildman–Crippen MR) is 102 cm³/mol. The Morgan fingerprint density at radius 1 is 1.04 bits per heavy atom. The Bertz CT molecular complexity index is 667. The Morgan fingerprint density at radius 3 is 2.50 bits per heavy atom. The van der Waals surface area contributed by atoms with Crippen LogP contribution in [-0.2, 0) is 9.47 Å². The molecule has 0 bridgehead atoms. The predicted octanol–water partition coefficient (Wildman–Crippen LogP) is 5.52. The summed E-state index contributed by atoms with van der Waals surface area (Å²) in [7, 11) is 0. The van der Waals surface area contributed by atoms with Gasteiger partial charge in [-0.2, -0.15) is 0 Å². The van der Waals surface area contributed by atoms with Gasteiger partial charge in [0.15, 0.2) is 5.79 Å². The average molecular weight is 359 g/mol. The number of aliphatic hydroxyl groups excluding tert-OH is 1. The molecule has 3 unspecified atom stereocenters. The largest absolute Gasteiger partial charge is 0.513 e. The molecule has 0 amide bonds. The molecule has 1 spiro atoms. The van der Waals surface area contributed by atoms with Crippen molar-refractivity contribution in [2.45, 2.75) is 77.9 Å². The molecule has 4 aliphatic carbocycles. The van der Waals surface area contributed by atoms with Crippen LogP contribution in [0.4, 0.5) is 0 Å². The number of hydrogen-bond acceptors (Lipinski definition) is 3. The number of ether oxygens (including phenoxy) is 2. The van der Waals surface area contributed by atoms with Crippen molar-refractivity contribution in [3.05, 3.63) is 23.0 Å². The van der Waals surface area contributed by atoms with E-state index in [1.165, 1.54) is 37.7 Å². The highest BCUT2D eigenvalue weighted by atomic mass is 16.7. The van der Waals surface area contributed by atoms with Gasteiger partial charge in [0.05, 0.1) is 19.0 Å². The summed E-state index contributed by atoms with van der Waals surface area (Å²) in [5, 5.41) is 10.2. The van der Waals surface area contributed by atoms with Crippen LogP contribution in [-0.4, -0.2) is 24.1 Å². The molecule has 0 aromatic rings. The molecule has 4 fully saturated rings. The van der Waals surface area contributed by atoms with E-state index in [9.17, 15) is 5.11 Å². The third kappa shape index (κ3) is 2.19. The van der Waals surface area contributed by atoms with Crippen LogP contribution in [0.2, 0.25) is 0 Å². The van der Waals surface area contributed by atoms with Gasteiger partial charge in [-0.05, 0) is 79.6 Å². The van der Waals surface area contributed by atoms with Crippen LogP contribution in [0.15, 0.2) is 23.0 Å². The Kier molecular flexibility index (Phi) is 3.73. The summed E-state index contributed by atoms with van der Waals surface area (Å²) in [6.45, 7) is 8.38. The summed E-state index contributed by atoms with van der Waals surface area (Å²) in [6.07, 6.45) is 11.9. The van der Waals surface area contributed by atoms with E-state index in [1.807, 2.05) is 6.92 Å². The summed E-state index contributed by atoms with van der Waals surface area (Å²) in [5.74, 6) is 2.60. The molecular formula is C23H34O3. The van der Waals surface area contributed by atoms with E-state index in [2.05, 4.69) is 19.9 Å². The van der Waals surface area contributed by atoms with E-state index in [1.54, 1.807) is 5.57 Å². The van der Waals surface area contributed by atoms with Crippen molar-refractivity contribution >= 4 is 0 Å². The van der Waals surface area contributed by atoms with Gasteiger partial charge in [0.25, 0.3) is 0 Å². The van der Waals surface area contributed by atoms with E-state index in [4.69, 9.17) is 9.47 Å². The van der Waals surface area contributed by atoms with Crippen LogP contribution in [0.1, 0.15) is 72.1 Å². The zero-order chi connectivity index (χ0) is 18.2. The van der Waals surface area contributed by atoms with Gasteiger partial charge in [0.2, 0.25) is 0 Å². The Morgan fingerprint density at radius 2 is 1.77 bits per heavy atom. The van der Waals surface area contributed by atoms with Crippen molar-refractivity contribution in [3.8, 4) is 0 Å². The molecule has 3 saturated carbocycles. The van der Waals surface area contributed by atoms with E-state index < -0.39 is 0 Å². The Hall–Kier alpha value is -0.800. The maximum absolute atomic E-state index is 10.2. The van der Waals surface area contributed by atoms with Crippen LogP contribution < -0.4 is 0 Å². The van der Waals surface area contributed by atoms with Crippen LogP contribution in [0.3, 0.4) is 0 Å². The highest BCUT2D eigenvalue weighted by Crippen LogP contribution is 2.67. The fraction of sp³-hybridized carbons (Fsp3) is 0.826. The van der Waals surface area contributed by atoms with E-state index in [0.717, 1.165) is 50.2 Å². The maximum Gasteiger partial charge on any atom is 0.172 e. The van der Waals surface area contributed by atoms with Crippen molar-refractivity contribution in [3.63, 3.8) is 0 Å². The fourth-order valence-corrected chi connectivity index (χ4v) is 7.76. The third-order valence-electron chi connectivity index (χ3n) is 9.15. The first-order chi connectivity index (χ1) is 12.4. The van der Waals surface area contributed by atoms with E-state index in [0.29, 0.717) is 11.2 Å². The van der Waals surface area contributed by atoms with Crippen molar-refractivity contribution in [1.82, 2.24) is 0 Å². The molecule has 1 saturated heterocycles. The lowest BCUT2D eigenvalue weighted by molar-refractivity contribution is -0.184. The smallest absolute Gasteiger partial charge is 0.172 e. The Balaban J connectivity index is 1.46. The number of rotatable bonds is 0. The van der Waals surface area contributed by atoms with Crippen LogP contribution in [0, 0.1) is 28.6 Å². The number of aliphatic hydroxyl groups is 1. The summed E-state index contributed by atoms with van der Waals surface area (Å²) >= 11 is 0. The van der Waals surface area contributed by atoms with Gasteiger partial charge < -0.3 is 14.6 Å². The minimum Gasteiger partial charge on any atom is -0.513 e. The standard InChI is InChI=1S/C23H34O3/c1-15(24)18-6-7-19-17-5-4-16-14-23(25-12-13-26-23)11-10-21(16,2)20(17)8-9-22(18,19)3/h4,17,19-20,24H,5-14H2,1-3H3/b18-15+/t17?,19?,20?,21-,22+/m0/s1. The van der Waals surface area contributed by atoms with E-state index in [-0.39, 0.29) is 11.2 Å². The first-order valence-electron chi connectivity index (χ1n) is 10.7. The molecule has 144 valence electrons. The molecule has 3 nitrogen and oxygen atoms in total. The molecule has 0 aromatic carbocycles. The molecule has 1 N–H and O–H groups in total. The summed E-state index contributed by atoms with van der Waals surface area (Å²) in [5.41, 5.74) is 3.53. The van der Waals surface area contributed by atoms with Crippen molar-refractivity contribution in [2.24, 2.45) is 28.6 Å². The lowest BCUT2D eigenvalue weighted by Gasteiger charge is -2.58. The molecule has 0 aromatic heterocycles. The van der Waals surface area contributed by atoms with Gasteiger partial charge in [0.1, 0.15) is 0 Å². The summed E-state index contributed by atoms with van der Waals surface area (Å²) in [6, 6.07) is 0. The first kappa shape index (κ1) is 17.3. The number of hydrogen-bond donors (Lipinski definition) is 1. The molecule has 3 heteroatoms. The highest BCUT2D eigenvalue weighted by Gasteiger charge is 2.59. The minimum atomic E-state index is -0.307. The topological polar surface area (TPSA) is 38.7 Å². The molecule has 5 aliphatic rings. The maximum atomic E-state index is 10.2. The zero-order valence-electron chi connectivity index (χ0n) is 16.6. The lowest BCUT2D eigenvalue weighted by atomic mass is 9.47. The lowest BCUT2D eigenvalue weighted by Crippen LogP contribution is -2.51. The van der Waals surface area contributed by atoms with Crippen molar-refractivity contribution in [1.29, 1.82) is 0 Å². The van der Waals surface area contributed by atoms with E-state index >= 15 is 0 Å². The van der Waals surface area contributed by atoms with Crippen molar-refractivity contribution in [2.75, 3.05) is 13.2 Å². The second-order valence-corrected chi connectivity index (χ2v) is 10.1. The van der Waals surface area contributed by atoms with Gasteiger partial charge in [-0.25, -0.2) is 0 Å². The number of fused-ring (bicyclic) bond motifs is 5. The highest BCUT2D eigenvalue weighted by molar-refractivity contribution is 5.30. The molecule has 26 heavy (non-hydrogen) atoms. The van der Waals surface area contributed by atoms with Crippen LogP contribution >= 0.6 is 0 Å². The molecule has 5 atom stereocenters. The summed E-state index contributed by atoms with van der Waals surface area (Å²) < 4.78 is 12.1. The fourth-order valence-electron chi connectivity index (χ4n) is 7.76. The molecular weight excluding hydrogens is 324 g/mol. The van der Waals surface area contributed by atoms with Gasteiger partial charge >= 0.3 is 0 Å². The molecule has 1 heterocycles. The Labute approximate surface area is 157 Å². The number of allylic oxidation sites excluding steroid dienone is 3. The molecule has 5 rings (SSSR count). The van der Waals surface area contributed by atoms with Crippen molar-refractivity contribution < 1.29 is 14.6 Å². The average Bonchev–Trinajstić information content (AvgIpc) is 3.20. The molecule has 1 aliphatic heterocycles. The SMILES string of the molecule is C/C(O)=C1/CCC2C3CC=C4CC5(CC[C@]4(C)C3CC[C@]12C)OCCO5. The van der Waals surface area contributed by atoms with Crippen LogP contribution in [0.5, 0.6) is 0 Å². The monoisotopic (exact) mass is 358 g/mol. The third-order valence-corrected chi connectivity index (χ3v) is 9.15. The first-order valence-corrected chi connectivity index (χ1v) is 10.7. The van der Waals surface area contributed by atoms with Gasteiger partial charge in [-0.3, -0.25) is 0 Å².